The summed E-state index contributed by atoms with van der Waals surface area (Å²) < 4.78 is 0. The molecule has 0 radical (unpaired) electrons. The van der Waals surface area contributed by atoms with E-state index >= 15 is 0 Å². The van der Waals surface area contributed by atoms with Crippen molar-refractivity contribution in [3.8, 4) is 0 Å². The van der Waals surface area contributed by atoms with Gasteiger partial charge in [-0.1, -0.05) is 23.7 Å². The fraction of sp³-hybridized carbons (Fsp3) is 0.143. The minimum atomic E-state index is 0.690. The maximum absolute atomic E-state index is 6.13. The number of hydrogen-bond donors (Lipinski definition) is 2. The van der Waals surface area contributed by atoms with Gasteiger partial charge in [0.2, 0.25) is 0 Å². The van der Waals surface area contributed by atoms with Crippen molar-refractivity contribution in [3.05, 3.63) is 52.5 Å². The van der Waals surface area contributed by atoms with Gasteiger partial charge in [-0.2, -0.15) is 0 Å². The quantitative estimate of drug-likeness (QED) is 0.776. The lowest BCUT2D eigenvalue weighted by molar-refractivity contribution is 1.43. The molecule has 17 heavy (non-hydrogen) atoms. The van der Waals surface area contributed by atoms with Crippen molar-refractivity contribution in [2.24, 2.45) is 0 Å². The fourth-order valence-electron chi connectivity index (χ4n) is 1.68. The van der Waals surface area contributed by atoms with Gasteiger partial charge < -0.3 is 11.1 Å². The molecule has 0 heterocycles. The second-order valence-electron chi connectivity index (χ2n) is 4.20. The number of halogens is 1. The molecule has 0 amide bonds. The van der Waals surface area contributed by atoms with Crippen LogP contribution in [0.25, 0.3) is 0 Å². The molecule has 0 aromatic heterocycles. The van der Waals surface area contributed by atoms with Crippen LogP contribution in [0.4, 0.5) is 17.1 Å². The summed E-state index contributed by atoms with van der Waals surface area (Å²) in [5, 5.41) is 3.94. The minimum absolute atomic E-state index is 0.690. The van der Waals surface area contributed by atoms with Crippen LogP contribution >= 0.6 is 11.6 Å². The molecule has 2 aromatic rings. The van der Waals surface area contributed by atoms with Crippen molar-refractivity contribution < 1.29 is 0 Å². The van der Waals surface area contributed by atoms with Gasteiger partial charge in [-0.15, -0.1) is 0 Å². The summed E-state index contributed by atoms with van der Waals surface area (Å²) in [7, 11) is 0. The van der Waals surface area contributed by atoms with Gasteiger partial charge in [0.15, 0.2) is 0 Å². The van der Waals surface area contributed by atoms with Gasteiger partial charge in [-0.05, 0) is 49.2 Å². The Morgan fingerprint density at radius 1 is 0.941 bits per heavy atom. The molecule has 0 saturated heterocycles. The molecule has 2 aromatic carbocycles. The second kappa shape index (κ2) is 4.68. The van der Waals surface area contributed by atoms with Crippen molar-refractivity contribution in [2.75, 3.05) is 11.1 Å². The minimum Gasteiger partial charge on any atom is -0.397 e. The number of nitrogen functional groups attached to an aromatic ring is 1. The molecular formula is C14H15ClN2. The van der Waals surface area contributed by atoms with Crippen molar-refractivity contribution in [3.63, 3.8) is 0 Å². The zero-order chi connectivity index (χ0) is 12.4. The van der Waals surface area contributed by atoms with E-state index in [1.165, 1.54) is 0 Å². The summed E-state index contributed by atoms with van der Waals surface area (Å²) in [6.07, 6.45) is 0. The third-order valence-electron chi connectivity index (χ3n) is 2.60. The molecule has 88 valence electrons. The van der Waals surface area contributed by atoms with Crippen molar-refractivity contribution >= 4 is 28.7 Å². The van der Waals surface area contributed by atoms with Crippen molar-refractivity contribution in [1.82, 2.24) is 0 Å². The lowest BCUT2D eigenvalue weighted by Crippen LogP contribution is -1.97. The molecule has 0 aliphatic rings. The Labute approximate surface area is 106 Å². The summed E-state index contributed by atoms with van der Waals surface area (Å²) in [6, 6.07) is 11.8. The Morgan fingerprint density at radius 3 is 2.29 bits per heavy atom. The Bertz CT molecular complexity index is 550. The molecule has 0 atom stereocenters. The lowest BCUT2D eigenvalue weighted by atomic mass is 10.1. The molecule has 0 unspecified atom stereocenters. The van der Waals surface area contributed by atoms with E-state index < -0.39 is 0 Å². The first-order chi connectivity index (χ1) is 8.06. The average Bonchev–Trinajstić information content (AvgIpc) is 2.27. The number of benzene rings is 2. The van der Waals surface area contributed by atoms with Crippen LogP contribution < -0.4 is 11.1 Å². The Morgan fingerprint density at radius 2 is 1.59 bits per heavy atom. The van der Waals surface area contributed by atoms with Crippen LogP contribution in [0.2, 0.25) is 5.02 Å². The largest absolute Gasteiger partial charge is 0.397 e. The van der Waals surface area contributed by atoms with E-state index in [-0.39, 0.29) is 0 Å². The molecule has 3 heteroatoms. The van der Waals surface area contributed by atoms with Gasteiger partial charge in [-0.25, -0.2) is 0 Å². The van der Waals surface area contributed by atoms with Crippen LogP contribution in [0.3, 0.4) is 0 Å². The summed E-state index contributed by atoms with van der Waals surface area (Å²) in [5.74, 6) is 0. The normalized spacial score (nSPS) is 10.3. The van der Waals surface area contributed by atoms with Gasteiger partial charge in [0.05, 0.1) is 22.1 Å². The summed E-state index contributed by atoms with van der Waals surface area (Å²) >= 11 is 6.13. The van der Waals surface area contributed by atoms with Gasteiger partial charge in [0, 0.05) is 0 Å². The smallest absolute Gasteiger partial charge is 0.0641 e. The van der Waals surface area contributed by atoms with E-state index in [2.05, 4.69) is 5.32 Å². The van der Waals surface area contributed by atoms with Crippen LogP contribution in [0, 0.1) is 13.8 Å². The zero-order valence-corrected chi connectivity index (χ0v) is 10.7. The van der Waals surface area contributed by atoms with E-state index in [1.54, 1.807) is 0 Å². The number of nitrogens with two attached hydrogens (primary N) is 1. The number of rotatable bonds is 2. The van der Waals surface area contributed by atoms with E-state index in [0.29, 0.717) is 5.02 Å². The van der Waals surface area contributed by atoms with Crippen LogP contribution in [-0.4, -0.2) is 0 Å². The molecule has 0 aliphatic heterocycles. The number of aryl methyl sites for hydroxylation is 2. The highest BCUT2D eigenvalue weighted by atomic mass is 35.5. The highest BCUT2D eigenvalue weighted by Gasteiger charge is 2.03. The van der Waals surface area contributed by atoms with Crippen LogP contribution in [0.15, 0.2) is 36.4 Å². The topological polar surface area (TPSA) is 38.0 Å². The third-order valence-corrected chi connectivity index (χ3v) is 2.93. The summed E-state index contributed by atoms with van der Waals surface area (Å²) in [6.45, 7) is 4.04. The average molecular weight is 247 g/mol. The monoisotopic (exact) mass is 246 g/mol. The highest BCUT2D eigenvalue weighted by molar-refractivity contribution is 6.33. The number of anilines is 3. The maximum atomic E-state index is 6.13. The molecule has 0 saturated carbocycles. The van der Waals surface area contributed by atoms with Gasteiger partial charge >= 0.3 is 0 Å². The highest BCUT2D eigenvalue weighted by Crippen LogP contribution is 2.29. The molecule has 3 N–H and O–H groups in total. The predicted molar refractivity (Wildman–Crippen MR) is 75.1 cm³/mol. The Kier molecular flexibility index (Phi) is 3.25. The molecule has 0 fully saturated rings. The Hall–Kier alpha value is -1.67. The van der Waals surface area contributed by atoms with E-state index in [4.69, 9.17) is 17.3 Å². The third kappa shape index (κ3) is 2.71. The molecule has 0 aliphatic carbocycles. The molecule has 2 rings (SSSR count). The molecular weight excluding hydrogens is 232 g/mol. The predicted octanol–water partition coefficient (Wildman–Crippen LogP) is 4.28. The first-order valence-electron chi connectivity index (χ1n) is 5.45. The first kappa shape index (κ1) is 11.8. The number of hydrogen-bond acceptors (Lipinski definition) is 2. The van der Waals surface area contributed by atoms with E-state index in [1.807, 2.05) is 50.2 Å². The van der Waals surface area contributed by atoms with Gasteiger partial charge in [0.1, 0.15) is 0 Å². The van der Waals surface area contributed by atoms with Crippen molar-refractivity contribution in [2.45, 2.75) is 13.8 Å². The van der Waals surface area contributed by atoms with Crippen LogP contribution in [0.1, 0.15) is 11.1 Å². The Balaban J connectivity index is 2.34. The van der Waals surface area contributed by atoms with Crippen molar-refractivity contribution in [1.29, 1.82) is 0 Å². The second-order valence-corrected chi connectivity index (χ2v) is 4.61. The van der Waals surface area contributed by atoms with E-state index in [9.17, 15) is 0 Å². The standard InChI is InChI=1S/C14H15ClN2/c1-9-4-6-13(12(16)7-9)17-14-8-10(2)3-5-11(14)15/h3-8,17H,16H2,1-2H3. The lowest BCUT2D eigenvalue weighted by Gasteiger charge is -2.12. The summed E-state index contributed by atoms with van der Waals surface area (Å²) in [4.78, 5) is 0. The zero-order valence-electron chi connectivity index (χ0n) is 9.92. The first-order valence-corrected chi connectivity index (χ1v) is 5.83. The fourth-order valence-corrected chi connectivity index (χ4v) is 1.84. The van der Waals surface area contributed by atoms with Gasteiger partial charge in [-0.3, -0.25) is 0 Å². The molecule has 2 nitrogen and oxygen atoms in total. The SMILES string of the molecule is Cc1ccc(Nc2cc(C)ccc2Cl)c(N)c1. The molecule has 0 bridgehead atoms. The maximum Gasteiger partial charge on any atom is 0.0641 e. The summed E-state index contributed by atoms with van der Waals surface area (Å²) in [5.41, 5.74) is 10.7. The molecule has 0 spiro atoms. The van der Waals surface area contributed by atoms with E-state index in [0.717, 1.165) is 28.2 Å². The van der Waals surface area contributed by atoms with Gasteiger partial charge in [0.25, 0.3) is 0 Å². The van der Waals surface area contributed by atoms with Crippen LogP contribution in [-0.2, 0) is 0 Å². The number of nitrogens with one attached hydrogen (secondary N) is 1. The van der Waals surface area contributed by atoms with Crippen LogP contribution in [0.5, 0.6) is 0 Å².